The number of hydrogen-bond donors (Lipinski definition) is 2. The Kier molecular flexibility index (Phi) is 5.23. The number of carbonyl (C=O) groups excluding carboxylic acids is 1. The van der Waals surface area contributed by atoms with Crippen molar-refractivity contribution in [3.05, 3.63) is 42.5 Å². The quantitative estimate of drug-likeness (QED) is 0.844. The molecule has 0 aromatic carbocycles. The van der Waals surface area contributed by atoms with Gasteiger partial charge in [-0.05, 0) is 24.3 Å². The molecule has 0 spiro atoms. The van der Waals surface area contributed by atoms with Crippen LogP contribution in [0.1, 0.15) is 10.6 Å². The second-order valence-corrected chi connectivity index (χ2v) is 5.24. The molecule has 0 aliphatic carbocycles. The summed E-state index contributed by atoms with van der Waals surface area (Å²) in [7, 11) is 0. The molecule has 0 radical (unpaired) electrons. The predicted octanol–water partition coefficient (Wildman–Crippen LogP) is 1.67. The van der Waals surface area contributed by atoms with Crippen LogP contribution in [0.5, 0.6) is 0 Å². The SMILES string of the molecule is O=C(Nc1ccc(NCCN2CCOCC2)nc1)c1ccco1. The van der Waals surface area contributed by atoms with Crippen molar-refractivity contribution in [1.29, 1.82) is 0 Å². The second-order valence-electron chi connectivity index (χ2n) is 5.24. The monoisotopic (exact) mass is 316 g/mol. The number of furan rings is 1. The Hall–Kier alpha value is -2.38. The Morgan fingerprint density at radius 3 is 2.83 bits per heavy atom. The number of anilines is 2. The summed E-state index contributed by atoms with van der Waals surface area (Å²) in [6.45, 7) is 5.36. The molecule has 0 atom stereocenters. The highest BCUT2D eigenvalue weighted by molar-refractivity contribution is 6.02. The fourth-order valence-corrected chi connectivity index (χ4v) is 2.34. The molecule has 0 saturated carbocycles. The van der Waals surface area contributed by atoms with E-state index in [1.165, 1.54) is 6.26 Å². The van der Waals surface area contributed by atoms with E-state index in [1.807, 2.05) is 12.1 Å². The number of nitrogens with zero attached hydrogens (tertiary/aromatic N) is 2. The first kappa shape index (κ1) is 15.5. The van der Waals surface area contributed by atoms with Crippen molar-refractivity contribution in [3.63, 3.8) is 0 Å². The van der Waals surface area contributed by atoms with E-state index in [1.54, 1.807) is 18.3 Å². The molecule has 2 N–H and O–H groups in total. The van der Waals surface area contributed by atoms with Crippen molar-refractivity contribution in [2.75, 3.05) is 50.0 Å². The Balaban J connectivity index is 1.44. The average molecular weight is 316 g/mol. The minimum absolute atomic E-state index is 0.276. The zero-order valence-electron chi connectivity index (χ0n) is 12.8. The molecular weight excluding hydrogens is 296 g/mol. The summed E-state index contributed by atoms with van der Waals surface area (Å²) in [5.74, 6) is 0.775. The van der Waals surface area contributed by atoms with Crippen LogP contribution in [-0.2, 0) is 4.74 Å². The fraction of sp³-hybridized carbons (Fsp3) is 0.375. The lowest BCUT2D eigenvalue weighted by atomic mass is 10.3. The summed E-state index contributed by atoms with van der Waals surface area (Å²) in [5.41, 5.74) is 0.630. The van der Waals surface area contributed by atoms with Gasteiger partial charge in [-0.15, -0.1) is 0 Å². The lowest BCUT2D eigenvalue weighted by Crippen LogP contribution is -2.39. The maximum absolute atomic E-state index is 11.8. The molecule has 7 heteroatoms. The van der Waals surface area contributed by atoms with Crippen molar-refractivity contribution in [2.45, 2.75) is 0 Å². The fourth-order valence-electron chi connectivity index (χ4n) is 2.34. The van der Waals surface area contributed by atoms with Crippen LogP contribution < -0.4 is 10.6 Å². The molecule has 3 heterocycles. The van der Waals surface area contributed by atoms with Gasteiger partial charge in [0.15, 0.2) is 5.76 Å². The van der Waals surface area contributed by atoms with Crippen LogP contribution in [-0.4, -0.2) is 55.2 Å². The van der Waals surface area contributed by atoms with E-state index < -0.39 is 0 Å². The number of nitrogens with one attached hydrogen (secondary N) is 2. The van der Waals surface area contributed by atoms with Crippen molar-refractivity contribution in [2.24, 2.45) is 0 Å². The first-order chi connectivity index (χ1) is 11.3. The Bertz CT molecular complexity index is 607. The van der Waals surface area contributed by atoms with Gasteiger partial charge >= 0.3 is 0 Å². The molecule has 2 aromatic rings. The molecule has 23 heavy (non-hydrogen) atoms. The molecular formula is C16H20N4O3. The van der Waals surface area contributed by atoms with Gasteiger partial charge in [0.05, 0.1) is 31.4 Å². The lowest BCUT2D eigenvalue weighted by molar-refractivity contribution is 0.0398. The standard InChI is InChI=1S/C16H20N4O3/c21-16(14-2-1-9-23-14)19-13-3-4-15(18-12-13)17-5-6-20-7-10-22-11-8-20/h1-4,9,12H,5-8,10-11H2,(H,17,18)(H,19,21). The van der Waals surface area contributed by atoms with Crippen LogP contribution in [0.4, 0.5) is 11.5 Å². The molecule has 1 aliphatic heterocycles. The Labute approximate surface area is 134 Å². The summed E-state index contributed by atoms with van der Waals surface area (Å²) in [5, 5.41) is 6.01. The van der Waals surface area contributed by atoms with Crippen LogP contribution in [0, 0.1) is 0 Å². The zero-order chi connectivity index (χ0) is 15.9. The number of carbonyl (C=O) groups is 1. The number of ether oxygens (including phenoxy) is 1. The third-order valence-corrected chi connectivity index (χ3v) is 3.60. The van der Waals surface area contributed by atoms with E-state index in [0.29, 0.717) is 5.69 Å². The van der Waals surface area contributed by atoms with Crippen LogP contribution in [0.15, 0.2) is 41.1 Å². The minimum atomic E-state index is -0.287. The third-order valence-electron chi connectivity index (χ3n) is 3.60. The average Bonchev–Trinajstić information content (AvgIpc) is 3.12. The van der Waals surface area contributed by atoms with Gasteiger partial charge < -0.3 is 19.8 Å². The summed E-state index contributed by atoms with van der Waals surface area (Å²) in [6, 6.07) is 6.95. The van der Waals surface area contributed by atoms with Crippen molar-refractivity contribution in [1.82, 2.24) is 9.88 Å². The van der Waals surface area contributed by atoms with Crippen LogP contribution >= 0.6 is 0 Å². The molecule has 1 saturated heterocycles. The Morgan fingerprint density at radius 2 is 2.13 bits per heavy atom. The number of rotatable bonds is 6. The zero-order valence-corrected chi connectivity index (χ0v) is 12.8. The highest BCUT2D eigenvalue weighted by Gasteiger charge is 2.10. The molecule has 122 valence electrons. The summed E-state index contributed by atoms with van der Waals surface area (Å²) in [4.78, 5) is 18.5. The van der Waals surface area contributed by atoms with Gasteiger partial charge in [0, 0.05) is 26.2 Å². The molecule has 3 rings (SSSR count). The van der Waals surface area contributed by atoms with Crippen molar-refractivity contribution in [3.8, 4) is 0 Å². The van der Waals surface area contributed by atoms with Gasteiger partial charge in [0.2, 0.25) is 0 Å². The van der Waals surface area contributed by atoms with Gasteiger partial charge in [0.1, 0.15) is 5.82 Å². The van der Waals surface area contributed by atoms with E-state index in [4.69, 9.17) is 9.15 Å². The number of morpholine rings is 1. The lowest BCUT2D eigenvalue weighted by Gasteiger charge is -2.26. The van der Waals surface area contributed by atoms with Gasteiger partial charge in [-0.25, -0.2) is 4.98 Å². The normalized spacial score (nSPS) is 15.3. The third kappa shape index (κ3) is 4.54. The molecule has 0 bridgehead atoms. The molecule has 2 aromatic heterocycles. The maximum atomic E-state index is 11.8. The summed E-state index contributed by atoms with van der Waals surface area (Å²) < 4.78 is 10.4. The van der Waals surface area contributed by atoms with Crippen LogP contribution in [0.3, 0.4) is 0 Å². The second kappa shape index (κ2) is 7.75. The van der Waals surface area contributed by atoms with Crippen LogP contribution in [0.2, 0.25) is 0 Å². The molecule has 7 nitrogen and oxygen atoms in total. The number of aromatic nitrogens is 1. The molecule has 1 aliphatic rings. The molecule has 1 amide bonds. The van der Waals surface area contributed by atoms with Gasteiger partial charge in [-0.2, -0.15) is 0 Å². The maximum Gasteiger partial charge on any atom is 0.291 e. The van der Waals surface area contributed by atoms with Gasteiger partial charge in [-0.3, -0.25) is 9.69 Å². The summed E-state index contributed by atoms with van der Waals surface area (Å²) >= 11 is 0. The number of amides is 1. The minimum Gasteiger partial charge on any atom is -0.459 e. The topological polar surface area (TPSA) is 79.6 Å². The largest absolute Gasteiger partial charge is 0.459 e. The first-order valence-electron chi connectivity index (χ1n) is 7.66. The van der Waals surface area contributed by atoms with Crippen LogP contribution in [0.25, 0.3) is 0 Å². The number of pyridine rings is 1. The predicted molar refractivity (Wildman–Crippen MR) is 86.6 cm³/mol. The first-order valence-corrected chi connectivity index (χ1v) is 7.66. The van der Waals surface area contributed by atoms with E-state index in [2.05, 4.69) is 20.5 Å². The van der Waals surface area contributed by atoms with E-state index >= 15 is 0 Å². The van der Waals surface area contributed by atoms with Gasteiger partial charge in [-0.1, -0.05) is 0 Å². The van der Waals surface area contributed by atoms with Crippen molar-refractivity contribution >= 4 is 17.4 Å². The molecule has 0 unspecified atom stereocenters. The van der Waals surface area contributed by atoms with E-state index in [0.717, 1.165) is 45.2 Å². The molecule has 1 fully saturated rings. The highest BCUT2D eigenvalue weighted by Crippen LogP contribution is 2.11. The smallest absolute Gasteiger partial charge is 0.291 e. The Morgan fingerprint density at radius 1 is 1.26 bits per heavy atom. The highest BCUT2D eigenvalue weighted by atomic mass is 16.5. The van der Waals surface area contributed by atoms with E-state index in [-0.39, 0.29) is 11.7 Å². The van der Waals surface area contributed by atoms with Crippen molar-refractivity contribution < 1.29 is 13.9 Å². The van der Waals surface area contributed by atoms with E-state index in [9.17, 15) is 4.79 Å². The van der Waals surface area contributed by atoms with Gasteiger partial charge in [0.25, 0.3) is 5.91 Å². The summed E-state index contributed by atoms with van der Waals surface area (Å²) in [6.07, 6.45) is 3.09. The number of hydrogen-bond acceptors (Lipinski definition) is 6.